The molecule has 0 saturated heterocycles. The monoisotopic (exact) mass is 351 g/mol. The van der Waals surface area contributed by atoms with Gasteiger partial charge in [0.15, 0.2) is 5.65 Å². The fraction of sp³-hybridized carbons (Fsp3) is 0.211. The van der Waals surface area contributed by atoms with E-state index < -0.39 is 0 Å². The van der Waals surface area contributed by atoms with E-state index in [0.717, 1.165) is 46.6 Å². The van der Waals surface area contributed by atoms with E-state index in [2.05, 4.69) is 44.1 Å². The van der Waals surface area contributed by atoms with Crippen LogP contribution in [0.4, 0.5) is 5.95 Å². The predicted molar refractivity (Wildman–Crippen MR) is 102 cm³/mol. The summed E-state index contributed by atoms with van der Waals surface area (Å²) in [7, 11) is 0. The topological polar surface area (TPSA) is 55.6 Å². The highest BCUT2D eigenvalue weighted by atomic mass is 35.5. The lowest BCUT2D eigenvalue weighted by molar-refractivity contribution is 0.810. The molecule has 4 rings (SSSR count). The minimum atomic E-state index is 0.555. The van der Waals surface area contributed by atoms with Gasteiger partial charge in [-0.1, -0.05) is 41.9 Å². The average molecular weight is 352 g/mol. The van der Waals surface area contributed by atoms with Crippen LogP contribution in [-0.2, 0) is 13.0 Å². The minimum absolute atomic E-state index is 0.555. The van der Waals surface area contributed by atoms with Crippen molar-refractivity contribution in [1.29, 1.82) is 0 Å². The molecular weight excluding hydrogens is 334 g/mol. The number of halogens is 1. The zero-order chi connectivity index (χ0) is 17.2. The van der Waals surface area contributed by atoms with Crippen LogP contribution >= 0.6 is 11.6 Å². The Kier molecular flexibility index (Phi) is 4.24. The van der Waals surface area contributed by atoms with Gasteiger partial charge in [-0.05, 0) is 37.1 Å². The lowest BCUT2D eigenvalue weighted by Gasteiger charge is -2.06. The third-order valence-electron chi connectivity index (χ3n) is 4.30. The minimum Gasteiger partial charge on any atom is -0.353 e. The van der Waals surface area contributed by atoms with Gasteiger partial charge in [0.25, 0.3) is 0 Å². The Hall–Kier alpha value is -2.66. The summed E-state index contributed by atoms with van der Waals surface area (Å²) < 4.78 is 2.17. The first-order valence-electron chi connectivity index (χ1n) is 8.36. The molecule has 0 aliphatic rings. The normalized spacial score (nSPS) is 11.3. The second kappa shape index (κ2) is 6.69. The van der Waals surface area contributed by atoms with E-state index in [9.17, 15) is 0 Å². The summed E-state index contributed by atoms with van der Waals surface area (Å²) in [5.41, 5.74) is 4.07. The first-order valence-corrected chi connectivity index (χ1v) is 8.74. The van der Waals surface area contributed by atoms with E-state index in [4.69, 9.17) is 11.6 Å². The van der Waals surface area contributed by atoms with Crippen LogP contribution in [0.2, 0.25) is 5.02 Å². The Labute approximate surface area is 150 Å². The van der Waals surface area contributed by atoms with E-state index in [1.807, 2.05) is 36.4 Å². The molecule has 0 fully saturated rings. The van der Waals surface area contributed by atoms with Crippen molar-refractivity contribution >= 4 is 39.6 Å². The summed E-state index contributed by atoms with van der Waals surface area (Å²) in [5, 5.41) is 13.8. The van der Waals surface area contributed by atoms with Gasteiger partial charge in [-0.2, -0.15) is 4.98 Å². The van der Waals surface area contributed by atoms with Crippen LogP contribution in [0.1, 0.15) is 12.5 Å². The highest BCUT2D eigenvalue weighted by molar-refractivity contribution is 6.30. The van der Waals surface area contributed by atoms with Gasteiger partial charge < -0.3 is 9.88 Å². The van der Waals surface area contributed by atoms with Crippen LogP contribution in [0, 0.1) is 0 Å². The Morgan fingerprint density at radius 2 is 1.84 bits per heavy atom. The summed E-state index contributed by atoms with van der Waals surface area (Å²) in [4.78, 5) is 4.69. The highest BCUT2D eigenvalue weighted by Gasteiger charge is 2.13. The molecule has 0 radical (unpaired) electrons. The standard InChI is InChI=1S/C19H18ClN5/c1-2-25-16-6-4-3-5-15(16)17-18(25)22-19(24-23-17)21-12-11-13-7-9-14(20)10-8-13/h3-10H,2,11-12H2,1H3,(H,21,22,24). The molecule has 4 aromatic rings. The predicted octanol–water partition coefficient (Wildman–Crippen LogP) is 4.31. The molecule has 0 spiro atoms. The number of benzene rings is 2. The maximum atomic E-state index is 5.91. The van der Waals surface area contributed by atoms with Gasteiger partial charge >= 0.3 is 0 Å². The van der Waals surface area contributed by atoms with Crippen molar-refractivity contribution in [3.63, 3.8) is 0 Å². The van der Waals surface area contributed by atoms with Crippen LogP contribution in [0.3, 0.4) is 0 Å². The smallest absolute Gasteiger partial charge is 0.244 e. The van der Waals surface area contributed by atoms with Crippen molar-refractivity contribution in [2.45, 2.75) is 19.9 Å². The second-order valence-electron chi connectivity index (χ2n) is 5.87. The average Bonchev–Trinajstić information content (AvgIpc) is 2.96. The van der Waals surface area contributed by atoms with Crippen LogP contribution in [0.15, 0.2) is 48.5 Å². The van der Waals surface area contributed by atoms with Crippen molar-refractivity contribution < 1.29 is 0 Å². The fourth-order valence-corrected chi connectivity index (χ4v) is 3.19. The number of para-hydroxylation sites is 1. The van der Waals surface area contributed by atoms with Crippen LogP contribution in [-0.4, -0.2) is 26.3 Å². The van der Waals surface area contributed by atoms with Crippen LogP contribution < -0.4 is 5.32 Å². The fourth-order valence-electron chi connectivity index (χ4n) is 3.07. The van der Waals surface area contributed by atoms with E-state index >= 15 is 0 Å². The van der Waals surface area contributed by atoms with E-state index in [-0.39, 0.29) is 0 Å². The van der Waals surface area contributed by atoms with Crippen molar-refractivity contribution in [3.8, 4) is 0 Å². The zero-order valence-corrected chi connectivity index (χ0v) is 14.7. The molecule has 0 saturated carbocycles. The van der Waals surface area contributed by atoms with Gasteiger partial charge in [0.05, 0.1) is 5.52 Å². The number of nitrogens with zero attached hydrogens (tertiary/aromatic N) is 4. The highest BCUT2D eigenvalue weighted by Crippen LogP contribution is 2.26. The zero-order valence-electron chi connectivity index (χ0n) is 13.9. The molecule has 0 unspecified atom stereocenters. The Morgan fingerprint density at radius 1 is 1.04 bits per heavy atom. The molecule has 0 bridgehead atoms. The number of aryl methyl sites for hydroxylation is 1. The van der Waals surface area contributed by atoms with Crippen molar-refractivity contribution in [1.82, 2.24) is 19.7 Å². The van der Waals surface area contributed by atoms with Gasteiger partial charge in [-0.3, -0.25) is 0 Å². The van der Waals surface area contributed by atoms with Crippen molar-refractivity contribution in [2.24, 2.45) is 0 Å². The van der Waals surface area contributed by atoms with Crippen molar-refractivity contribution in [3.05, 3.63) is 59.1 Å². The van der Waals surface area contributed by atoms with Gasteiger partial charge in [0.2, 0.25) is 5.95 Å². The number of hydrogen-bond donors (Lipinski definition) is 1. The largest absolute Gasteiger partial charge is 0.353 e. The van der Waals surface area contributed by atoms with Crippen LogP contribution in [0.25, 0.3) is 22.1 Å². The quantitative estimate of drug-likeness (QED) is 0.582. The number of fused-ring (bicyclic) bond motifs is 3. The summed E-state index contributed by atoms with van der Waals surface area (Å²) in [5.74, 6) is 0.555. The Balaban J connectivity index is 1.58. The molecule has 1 N–H and O–H groups in total. The lowest BCUT2D eigenvalue weighted by Crippen LogP contribution is -2.09. The van der Waals surface area contributed by atoms with Crippen molar-refractivity contribution in [2.75, 3.05) is 11.9 Å². The molecule has 2 heterocycles. The summed E-state index contributed by atoms with van der Waals surface area (Å²) in [6.07, 6.45) is 0.870. The first kappa shape index (κ1) is 15.8. The van der Waals surface area contributed by atoms with Gasteiger partial charge in [0, 0.05) is 23.5 Å². The molecular formula is C19H18ClN5. The first-order chi connectivity index (χ1) is 12.3. The number of rotatable bonds is 5. The molecule has 0 amide bonds. The van der Waals surface area contributed by atoms with E-state index in [1.165, 1.54) is 5.56 Å². The molecule has 0 atom stereocenters. The summed E-state index contributed by atoms with van der Waals surface area (Å²) in [6, 6.07) is 16.1. The number of nitrogens with one attached hydrogen (secondary N) is 1. The molecule has 2 aromatic heterocycles. The van der Waals surface area contributed by atoms with E-state index in [0.29, 0.717) is 5.95 Å². The third kappa shape index (κ3) is 3.03. The lowest BCUT2D eigenvalue weighted by atomic mass is 10.1. The molecule has 25 heavy (non-hydrogen) atoms. The summed E-state index contributed by atoms with van der Waals surface area (Å²) >= 11 is 5.91. The molecule has 6 heteroatoms. The maximum Gasteiger partial charge on any atom is 0.244 e. The number of hydrogen-bond acceptors (Lipinski definition) is 4. The molecule has 0 aliphatic heterocycles. The summed E-state index contributed by atoms with van der Waals surface area (Å²) in [6.45, 7) is 3.69. The maximum absolute atomic E-state index is 5.91. The second-order valence-corrected chi connectivity index (χ2v) is 6.31. The third-order valence-corrected chi connectivity index (χ3v) is 4.55. The van der Waals surface area contributed by atoms with E-state index in [1.54, 1.807) is 0 Å². The van der Waals surface area contributed by atoms with Crippen LogP contribution in [0.5, 0.6) is 0 Å². The Morgan fingerprint density at radius 3 is 2.64 bits per heavy atom. The number of aromatic nitrogens is 4. The molecule has 0 aliphatic carbocycles. The number of anilines is 1. The van der Waals surface area contributed by atoms with Gasteiger partial charge in [-0.15, -0.1) is 10.2 Å². The Bertz CT molecular complexity index is 1020. The van der Waals surface area contributed by atoms with Gasteiger partial charge in [-0.25, -0.2) is 0 Å². The SMILES string of the molecule is CCn1c2ccccc2c2nnc(NCCc3ccc(Cl)cc3)nc21. The molecule has 126 valence electrons. The van der Waals surface area contributed by atoms with Gasteiger partial charge in [0.1, 0.15) is 5.52 Å². The molecule has 2 aromatic carbocycles. The molecule has 5 nitrogen and oxygen atoms in total.